The van der Waals surface area contributed by atoms with E-state index < -0.39 is 6.04 Å². The highest BCUT2D eigenvalue weighted by Crippen LogP contribution is 2.25. The van der Waals surface area contributed by atoms with Gasteiger partial charge in [0.1, 0.15) is 12.0 Å². The van der Waals surface area contributed by atoms with Crippen LogP contribution in [0.2, 0.25) is 0 Å². The molecule has 0 aliphatic carbocycles. The zero-order valence-electron chi connectivity index (χ0n) is 25.1. The maximum atomic E-state index is 12.7. The lowest BCUT2D eigenvalue weighted by Crippen LogP contribution is -2.37. The van der Waals surface area contributed by atoms with E-state index >= 15 is 0 Å². The SMILES string of the molecule is CCCCCCCOc1ccc(-c2nc(-c3ccc(C[C@@H](C=O)NC(=O)c4ccc(C(C)(C)C)cc4)cc3)no2)cc1. The summed E-state index contributed by atoms with van der Waals surface area (Å²) in [4.78, 5) is 29.0. The molecule has 3 aromatic carbocycles. The van der Waals surface area contributed by atoms with Crippen LogP contribution < -0.4 is 10.1 Å². The number of aldehydes is 1. The van der Waals surface area contributed by atoms with Crippen molar-refractivity contribution in [1.29, 1.82) is 0 Å². The molecule has 0 saturated heterocycles. The monoisotopic (exact) mass is 567 g/mol. The lowest BCUT2D eigenvalue weighted by molar-refractivity contribution is -0.109. The summed E-state index contributed by atoms with van der Waals surface area (Å²) < 4.78 is 11.4. The Bertz CT molecular complexity index is 1420. The van der Waals surface area contributed by atoms with Crippen molar-refractivity contribution in [3.05, 3.63) is 89.5 Å². The second-order valence-corrected chi connectivity index (χ2v) is 11.7. The quantitative estimate of drug-likeness (QED) is 0.125. The van der Waals surface area contributed by atoms with E-state index in [-0.39, 0.29) is 11.3 Å². The second kappa shape index (κ2) is 14.6. The molecule has 220 valence electrons. The average Bonchev–Trinajstić information content (AvgIpc) is 3.49. The second-order valence-electron chi connectivity index (χ2n) is 11.7. The number of nitrogens with one attached hydrogen (secondary N) is 1. The number of hydrogen-bond donors (Lipinski definition) is 1. The van der Waals surface area contributed by atoms with Gasteiger partial charge in [0.15, 0.2) is 0 Å². The van der Waals surface area contributed by atoms with Gasteiger partial charge in [-0.2, -0.15) is 4.98 Å². The van der Waals surface area contributed by atoms with Crippen molar-refractivity contribution in [2.75, 3.05) is 6.61 Å². The van der Waals surface area contributed by atoms with Gasteiger partial charge in [0, 0.05) is 16.7 Å². The van der Waals surface area contributed by atoms with Crippen LogP contribution in [0.15, 0.2) is 77.3 Å². The number of hydrogen-bond acceptors (Lipinski definition) is 6. The predicted octanol–water partition coefficient (Wildman–Crippen LogP) is 7.59. The average molecular weight is 568 g/mol. The minimum Gasteiger partial charge on any atom is -0.494 e. The number of amides is 1. The van der Waals surface area contributed by atoms with E-state index in [1.165, 1.54) is 25.7 Å². The fourth-order valence-electron chi connectivity index (χ4n) is 4.60. The maximum absolute atomic E-state index is 12.7. The molecule has 42 heavy (non-hydrogen) atoms. The summed E-state index contributed by atoms with van der Waals surface area (Å²) in [7, 11) is 0. The number of ether oxygens (including phenoxy) is 1. The van der Waals surface area contributed by atoms with Gasteiger partial charge in [0.25, 0.3) is 11.8 Å². The van der Waals surface area contributed by atoms with Crippen LogP contribution in [0.5, 0.6) is 5.75 Å². The standard InChI is InChI=1S/C35H41N3O4/c1-5-6-7-8-9-22-41-31-20-16-28(17-21-31)34-37-32(38-42-34)26-12-10-25(11-13-26)23-30(24-39)36-33(40)27-14-18-29(19-15-27)35(2,3)4/h10-21,24,30H,5-9,22-23H2,1-4H3,(H,36,40)/t30-/m0/s1. The number of benzene rings is 3. The van der Waals surface area contributed by atoms with Crippen molar-refractivity contribution < 1.29 is 18.8 Å². The largest absolute Gasteiger partial charge is 0.494 e. The van der Waals surface area contributed by atoms with Crippen molar-refractivity contribution in [1.82, 2.24) is 15.5 Å². The fourth-order valence-corrected chi connectivity index (χ4v) is 4.60. The smallest absolute Gasteiger partial charge is 0.258 e. The molecule has 0 unspecified atom stereocenters. The van der Waals surface area contributed by atoms with Gasteiger partial charge in [0.2, 0.25) is 5.82 Å². The van der Waals surface area contributed by atoms with Crippen LogP contribution in [-0.2, 0) is 16.6 Å². The third kappa shape index (κ3) is 8.62. The molecular formula is C35H41N3O4. The molecule has 0 radical (unpaired) electrons. The van der Waals surface area contributed by atoms with Crippen molar-refractivity contribution >= 4 is 12.2 Å². The molecular weight excluding hydrogens is 526 g/mol. The Morgan fingerprint density at radius 3 is 2.21 bits per heavy atom. The molecule has 1 amide bonds. The van der Waals surface area contributed by atoms with Crippen LogP contribution >= 0.6 is 0 Å². The van der Waals surface area contributed by atoms with Crippen molar-refractivity contribution in [3.8, 4) is 28.6 Å². The molecule has 1 atom stereocenters. The number of rotatable bonds is 14. The lowest BCUT2D eigenvalue weighted by atomic mass is 9.86. The normalized spacial score (nSPS) is 12.1. The first kappa shape index (κ1) is 30.7. The van der Waals surface area contributed by atoms with E-state index in [4.69, 9.17) is 9.26 Å². The zero-order valence-corrected chi connectivity index (χ0v) is 25.1. The van der Waals surface area contributed by atoms with Crippen molar-refractivity contribution in [2.45, 2.75) is 77.7 Å². The summed E-state index contributed by atoms with van der Waals surface area (Å²) >= 11 is 0. The van der Waals surface area contributed by atoms with E-state index in [1.54, 1.807) is 12.1 Å². The highest BCUT2D eigenvalue weighted by molar-refractivity contribution is 5.95. The number of carbonyl (C=O) groups excluding carboxylic acids is 2. The Morgan fingerprint density at radius 1 is 0.905 bits per heavy atom. The Morgan fingerprint density at radius 2 is 1.57 bits per heavy atom. The molecule has 1 aromatic heterocycles. The van der Waals surface area contributed by atoms with Gasteiger partial charge in [-0.3, -0.25) is 4.79 Å². The summed E-state index contributed by atoms with van der Waals surface area (Å²) in [6, 6.07) is 22.1. The topological polar surface area (TPSA) is 94.3 Å². The van der Waals surface area contributed by atoms with Gasteiger partial charge in [0.05, 0.1) is 12.6 Å². The van der Waals surface area contributed by atoms with E-state index in [2.05, 4.69) is 43.2 Å². The zero-order chi connectivity index (χ0) is 30.0. The van der Waals surface area contributed by atoms with E-state index in [0.717, 1.165) is 47.3 Å². The van der Waals surface area contributed by atoms with Crippen LogP contribution in [0, 0.1) is 0 Å². The summed E-state index contributed by atoms with van der Waals surface area (Å²) in [6.07, 6.45) is 7.17. The molecule has 1 heterocycles. The Labute approximate surface area is 248 Å². The maximum Gasteiger partial charge on any atom is 0.258 e. The molecule has 1 N–H and O–H groups in total. The van der Waals surface area contributed by atoms with Gasteiger partial charge in [-0.15, -0.1) is 0 Å². The molecule has 0 fully saturated rings. The minimum absolute atomic E-state index is 0.00326. The fraction of sp³-hybridized carbons (Fsp3) is 0.371. The van der Waals surface area contributed by atoms with Gasteiger partial charge >= 0.3 is 0 Å². The number of nitrogens with zero attached hydrogens (tertiary/aromatic N) is 2. The van der Waals surface area contributed by atoms with Crippen molar-refractivity contribution in [2.24, 2.45) is 0 Å². The molecule has 0 saturated carbocycles. The molecule has 7 nitrogen and oxygen atoms in total. The van der Waals surface area contributed by atoms with Gasteiger partial charge in [-0.05, 0) is 65.8 Å². The van der Waals surface area contributed by atoms with Crippen LogP contribution in [0.4, 0.5) is 0 Å². The summed E-state index contributed by atoms with van der Waals surface area (Å²) in [5.74, 6) is 1.46. The van der Waals surface area contributed by atoms with E-state index in [9.17, 15) is 9.59 Å². The number of carbonyl (C=O) groups is 2. The Hall–Kier alpha value is -4.26. The van der Waals surface area contributed by atoms with Crippen LogP contribution in [0.3, 0.4) is 0 Å². The first-order valence-corrected chi connectivity index (χ1v) is 14.8. The first-order chi connectivity index (χ1) is 20.3. The Balaban J connectivity index is 1.30. The van der Waals surface area contributed by atoms with E-state index in [0.29, 0.717) is 23.7 Å². The molecule has 0 spiro atoms. The first-order valence-electron chi connectivity index (χ1n) is 14.8. The van der Waals surface area contributed by atoms with Crippen LogP contribution in [-0.4, -0.2) is 35.0 Å². The molecule has 4 aromatic rings. The molecule has 0 aliphatic heterocycles. The molecule has 4 rings (SSSR count). The highest BCUT2D eigenvalue weighted by atomic mass is 16.5. The Kier molecular flexibility index (Phi) is 10.7. The minimum atomic E-state index is -0.643. The van der Waals surface area contributed by atoms with E-state index in [1.807, 2.05) is 60.7 Å². The van der Waals surface area contributed by atoms with Gasteiger partial charge in [-0.1, -0.05) is 94.9 Å². The number of unbranched alkanes of at least 4 members (excludes halogenated alkanes) is 4. The predicted molar refractivity (Wildman–Crippen MR) is 166 cm³/mol. The highest BCUT2D eigenvalue weighted by Gasteiger charge is 2.17. The van der Waals surface area contributed by atoms with Gasteiger partial charge < -0.3 is 19.4 Å². The summed E-state index contributed by atoms with van der Waals surface area (Å²) in [5.41, 5.74) is 4.19. The summed E-state index contributed by atoms with van der Waals surface area (Å²) in [5, 5.41) is 6.97. The van der Waals surface area contributed by atoms with Gasteiger partial charge in [-0.25, -0.2) is 0 Å². The third-order valence-corrected chi connectivity index (χ3v) is 7.21. The molecule has 0 aliphatic rings. The van der Waals surface area contributed by atoms with Crippen LogP contribution in [0.1, 0.15) is 81.3 Å². The van der Waals surface area contributed by atoms with Crippen molar-refractivity contribution in [3.63, 3.8) is 0 Å². The third-order valence-electron chi connectivity index (χ3n) is 7.21. The molecule has 0 bridgehead atoms. The molecule has 7 heteroatoms. The number of aromatic nitrogens is 2. The van der Waals surface area contributed by atoms with Crippen LogP contribution in [0.25, 0.3) is 22.8 Å². The lowest BCUT2D eigenvalue weighted by Gasteiger charge is -2.19. The summed E-state index contributed by atoms with van der Waals surface area (Å²) in [6.45, 7) is 9.30.